The molecule has 7 heteroatoms. The third-order valence-electron chi connectivity index (χ3n) is 7.72. The van der Waals surface area contributed by atoms with Crippen molar-refractivity contribution in [3.05, 3.63) is 35.9 Å². The molecule has 2 aliphatic heterocycles. The van der Waals surface area contributed by atoms with Crippen LogP contribution in [0.15, 0.2) is 30.3 Å². The van der Waals surface area contributed by atoms with Crippen LogP contribution in [-0.4, -0.2) is 83.8 Å². The maximum atomic E-state index is 12.6. The molecule has 0 aromatic heterocycles. The predicted molar refractivity (Wildman–Crippen MR) is 127 cm³/mol. The molecule has 2 N–H and O–H groups in total. The van der Waals surface area contributed by atoms with Gasteiger partial charge in [-0.25, -0.2) is 0 Å². The second-order valence-corrected chi connectivity index (χ2v) is 9.94. The molecule has 1 saturated carbocycles. The van der Waals surface area contributed by atoms with Gasteiger partial charge in [0.15, 0.2) is 0 Å². The van der Waals surface area contributed by atoms with E-state index in [2.05, 4.69) is 40.5 Å². The molecule has 2 saturated heterocycles. The minimum atomic E-state index is -0.296. The fourth-order valence-electron chi connectivity index (χ4n) is 5.71. The van der Waals surface area contributed by atoms with Gasteiger partial charge in [-0.2, -0.15) is 0 Å². The number of hydrogen-bond acceptors (Lipinski definition) is 5. The van der Waals surface area contributed by atoms with E-state index in [1.54, 1.807) is 4.90 Å². The van der Waals surface area contributed by atoms with Crippen LogP contribution in [0.1, 0.15) is 56.9 Å². The van der Waals surface area contributed by atoms with Gasteiger partial charge in [0.25, 0.3) is 0 Å². The van der Waals surface area contributed by atoms with Gasteiger partial charge in [-0.05, 0) is 50.5 Å². The van der Waals surface area contributed by atoms with E-state index in [9.17, 15) is 14.7 Å². The topological polar surface area (TPSA) is 82.1 Å². The molecule has 7 nitrogen and oxygen atoms in total. The lowest BCUT2D eigenvalue weighted by Crippen LogP contribution is -2.58. The molecule has 182 valence electrons. The Labute approximate surface area is 197 Å². The summed E-state index contributed by atoms with van der Waals surface area (Å²) in [6, 6.07) is 10.9. The number of hydrogen-bond donors (Lipinski definition) is 2. The van der Waals surface area contributed by atoms with Crippen LogP contribution >= 0.6 is 0 Å². The van der Waals surface area contributed by atoms with Crippen molar-refractivity contribution >= 4 is 11.8 Å². The van der Waals surface area contributed by atoms with E-state index >= 15 is 0 Å². The largest absolute Gasteiger partial charge is 0.393 e. The zero-order valence-electron chi connectivity index (χ0n) is 19.7. The molecule has 0 unspecified atom stereocenters. The van der Waals surface area contributed by atoms with Crippen molar-refractivity contribution in [3.63, 3.8) is 0 Å². The second kappa shape index (κ2) is 11.4. The van der Waals surface area contributed by atoms with Gasteiger partial charge in [-0.15, -0.1) is 0 Å². The second-order valence-electron chi connectivity index (χ2n) is 9.94. The third kappa shape index (κ3) is 6.55. The Balaban J connectivity index is 1.26. The number of carbonyl (C=O) groups excluding carboxylic acids is 2. The van der Waals surface area contributed by atoms with Crippen molar-refractivity contribution in [2.24, 2.45) is 0 Å². The lowest BCUT2D eigenvalue weighted by molar-refractivity contribution is -0.135. The molecule has 3 aliphatic rings. The number of morpholine rings is 1. The number of aliphatic hydroxyl groups is 1. The third-order valence-corrected chi connectivity index (χ3v) is 7.72. The zero-order chi connectivity index (χ0) is 23.1. The Morgan fingerprint density at radius 3 is 2.30 bits per heavy atom. The summed E-state index contributed by atoms with van der Waals surface area (Å²) in [5, 5.41) is 12.8. The Hall–Kier alpha value is -1.96. The monoisotopic (exact) mass is 457 g/mol. The van der Waals surface area contributed by atoms with Crippen LogP contribution in [0, 0.1) is 0 Å². The summed E-state index contributed by atoms with van der Waals surface area (Å²) in [4.78, 5) is 29.3. The van der Waals surface area contributed by atoms with Crippen LogP contribution in [0.2, 0.25) is 0 Å². The first-order chi connectivity index (χ1) is 16.0. The Kier molecular flexibility index (Phi) is 8.39. The molecule has 1 aromatic rings. The number of nitrogens with zero attached hydrogens (tertiary/aromatic N) is 2. The van der Waals surface area contributed by atoms with E-state index in [4.69, 9.17) is 4.74 Å². The normalized spacial score (nSPS) is 27.3. The highest BCUT2D eigenvalue weighted by Gasteiger charge is 2.41. The summed E-state index contributed by atoms with van der Waals surface area (Å²) in [7, 11) is 0. The first-order valence-electron chi connectivity index (χ1n) is 12.7. The molecule has 0 atom stereocenters. The summed E-state index contributed by atoms with van der Waals surface area (Å²) < 4.78 is 5.61. The number of benzene rings is 1. The van der Waals surface area contributed by atoms with Crippen LogP contribution in [-0.2, 0) is 20.7 Å². The van der Waals surface area contributed by atoms with Crippen LogP contribution in [0.4, 0.5) is 0 Å². The van der Waals surface area contributed by atoms with Gasteiger partial charge in [-0.3, -0.25) is 14.5 Å². The fourth-order valence-corrected chi connectivity index (χ4v) is 5.71. The number of amides is 2. The molecule has 0 spiro atoms. The lowest BCUT2D eigenvalue weighted by atomic mass is 9.74. The minimum absolute atomic E-state index is 0.0210. The molecule has 2 heterocycles. The number of ether oxygens (including phenoxy) is 1. The average molecular weight is 458 g/mol. The van der Waals surface area contributed by atoms with Crippen molar-refractivity contribution in [1.29, 1.82) is 0 Å². The molecule has 0 radical (unpaired) electrons. The highest BCUT2D eigenvalue weighted by atomic mass is 16.5. The maximum absolute atomic E-state index is 12.6. The van der Waals surface area contributed by atoms with Crippen LogP contribution < -0.4 is 5.32 Å². The number of nitrogens with one attached hydrogen (secondary N) is 1. The van der Waals surface area contributed by atoms with E-state index in [1.165, 1.54) is 5.56 Å². The van der Waals surface area contributed by atoms with Gasteiger partial charge in [0.05, 0.1) is 19.3 Å². The summed E-state index contributed by atoms with van der Waals surface area (Å²) in [5.74, 6) is 0.00205. The van der Waals surface area contributed by atoms with E-state index in [1.807, 2.05) is 0 Å². The number of likely N-dealkylation sites (tertiary alicyclic amines) is 1. The van der Waals surface area contributed by atoms with Gasteiger partial charge in [0.2, 0.25) is 11.8 Å². The highest BCUT2D eigenvalue weighted by molar-refractivity contribution is 5.84. The van der Waals surface area contributed by atoms with Gasteiger partial charge < -0.3 is 20.1 Å². The Bertz CT molecular complexity index is 765. The van der Waals surface area contributed by atoms with Crippen LogP contribution in [0.3, 0.4) is 0 Å². The van der Waals surface area contributed by atoms with Crippen molar-refractivity contribution in [1.82, 2.24) is 15.1 Å². The average Bonchev–Trinajstić information content (AvgIpc) is 2.85. The Morgan fingerprint density at radius 1 is 0.970 bits per heavy atom. The highest BCUT2D eigenvalue weighted by Crippen LogP contribution is 2.37. The molecule has 4 rings (SSSR count). The van der Waals surface area contributed by atoms with Gasteiger partial charge in [0.1, 0.15) is 0 Å². The fraction of sp³-hybridized carbons (Fsp3) is 0.692. The lowest BCUT2D eigenvalue weighted by Gasteiger charge is -2.50. The van der Waals surface area contributed by atoms with Gasteiger partial charge in [0, 0.05) is 50.6 Å². The predicted octanol–water partition coefficient (Wildman–Crippen LogP) is 2.12. The number of rotatable bonds is 7. The van der Waals surface area contributed by atoms with E-state index < -0.39 is 0 Å². The smallest absolute Gasteiger partial charge is 0.223 e. The van der Waals surface area contributed by atoms with Crippen molar-refractivity contribution in [2.45, 2.75) is 75.5 Å². The van der Waals surface area contributed by atoms with E-state index in [-0.39, 0.29) is 42.3 Å². The van der Waals surface area contributed by atoms with Gasteiger partial charge in [-0.1, -0.05) is 30.3 Å². The van der Waals surface area contributed by atoms with Crippen LogP contribution in [0.5, 0.6) is 0 Å². The van der Waals surface area contributed by atoms with Gasteiger partial charge >= 0.3 is 0 Å². The van der Waals surface area contributed by atoms with E-state index in [0.717, 1.165) is 58.4 Å². The standard InChI is InChI=1S/C26H39N3O4/c30-23-10-14-28(15-11-23)25(32)7-6-24(31)27-22-8-12-26(13-9-22,29-16-18-33-19-17-29)20-21-4-2-1-3-5-21/h1-5,22-23,30H,6-20H2,(H,27,31). The number of aliphatic hydroxyl groups excluding tert-OH is 1. The molecule has 2 amide bonds. The molecule has 1 aromatic carbocycles. The minimum Gasteiger partial charge on any atom is -0.393 e. The van der Waals surface area contributed by atoms with Crippen molar-refractivity contribution < 1.29 is 19.4 Å². The summed E-state index contributed by atoms with van der Waals surface area (Å²) >= 11 is 0. The molecule has 3 fully saturated rings. The molecule has 0 bridgehead atoms. The molecule has 33 heavy (non-hydrogen) atoms. The summed E-state index contributed by atoms with van der Waals surface area (Å²) in [5.41, 5.74) is 1.50. The summed E-state index contributed by atoms with van der Waals surface area (Å²) in [6.45, 7) is 4.71. The quantitative estimate of drug-likeness (QED) is 0.656. The SMILES string of the molecule is O=C(CCC(=O)N1CCC(O)CC1)NC1CCC(Cc2ccccc2)(N2CCOCC2)CC1. The zero-order valence-corrected chi connectivity index (χ0v) is 19.7. The van der Waals surface area contributed by atoms with Crippen molar-refractivity contribution in [2.75, 3.05) is 39.4 Å². The first-order valence-corrected chi connectivity index (χ1v) is 12.7. The molecule has 1 aliphatic carbocycles. The summed E-state index contributed by atoms with van der Waals surface area (Å²) in [6.07, 6.45) is 6.55. The molecular weight excluding hydrogens is 418 g/mol. The molecular formula is C26H39N3O4. The van der Waals surface area contributed by atoms with E-state index in [0.29, 0.717) is 25.9 Å². The van der Waals surface area contributed by atoms with Crippen molar-refractivity contribution in [3.8, 4) is 0 Å². The Morgan fingerprint density at radius 2 is 1.64 bits per heavy atom. The number of carbonyl (C=O) groups is 2. The van der Waals surface area contributed by atoms with Crippen LogP contribution in [0.25, 0.3) is 0 Å². The number of piperidine rings is 1. The maximum Gasteiger partial charge on any atom is 0.223 e. The first kappa shape index (κ1) is 24.2.